The van der Waals surface area contributed by atoms with Gasteiger partial charge in [0, 0.05) is 6.54 Å². The molecule has 128 valence electrons. The number of phenolic OH excluding ortho intramolecular Hbond substituents is 1. The number of nitrogens with zero attached hydrogens (tertiary/aromatic N) is 1. The number of anilines is 1. The van der Waals surface area contributed by atoms with E-state index in [1.807, 2.05) is 0 Å². The standard InChI is InChI=1S/C15H12ClF3N2O2S/c16-11-2-1-3-12(13(11)22)21(24)14(23)20-8-9-4-6-10(7-5-9)15(17,18)19/h1-7,22,24H,8H2,(H,20,23). The number of hydrogen-bond acceptors (Lipinski definition) is 3. The minimum atomic E-state index is -4.41. The van der Waals surface area contributed by atoms with E-state index < -0.39 is 17.8 Å². The predicted octanol–water partition coefficient (Wildman–Crippen LogP) is 4.63. The van der Waals surface area contributed by atoms with Gasteiger partial charge in [-0.2, -0.15) is 13.2 Å². The lowest BCUT2D eigenvalue weighted by molar-refractivity contribution is -0.137. The Hall–Kier alpha value is -2.06. The van der Waals surface area contributed by atoms with Crippen molar-refractivity contribution in [1.82, 2.24) is 5.32 Å². The number of phenols is 1. The van der Waals surface area contributed by atoms with Crippen molar-refractivity contribution in [2.45, 2.75) is 12.7 Å². The number of thiol groups is 1. The molecule has 0 aliphatic heterocycles. The topological polar surface area (TPSA) is 52.6 Å². The van der Waals surface area contributed by atoms with Gasteiger partial charge in [-0.05, 0) is 29.8 Å². The highest BCUT2D eigenvalue weighted by atomic mass is 35.5. The van der Waals surface area contributed by atoms with Crippen LogP contribution < -0.4 is 9.62 Å². The smallest absolute Gasteiger partial charge is 0.416 e. The van der Waals surface area contributed by atoms with E-state index in [-0.39, 0.29) is 23.0 Å². The molecular formula is C15H12ClF3N2O2S. The number of halogens is 4. The van der Waals surface area contributed by atoms with Crippen LogP contribution in [0.1, 0.15) is 11.1 Å². The zero-order valence-electron chi connectivity index (χ0n) is 12.0. The van der Waals surface area contributed by atoms with E-state index in [2.05, 4.69) is 18.1 Å². The van der Waals surface area contributed by atoms with Gasteiger partial charge < -0.3 is 10.4 Å². The Bertz CT molecular complexity index is 738. The molecule has 0 bridgehead atoms. The molecule has 2 amide bonds. The molecule has 0 radical (unpaired) electrons. The number of amides is 2. The van der Waals surface area contributed by atoms with Gasteiger partial charge >= 0.3 is 12.2 Å². The second-order valence-electron chi connectivity index (χ2n) is 4.77. The van der Waals surface area contributed by atoms with Crippen LogP contribution in [0.25, 0.3) is 0 Å². The summed E-state index contributed by atoms with van der Waals surface area (Å²) in [6.07, 6.45) is -4.41. The number of nitrogens with one attached hydrogen (secondary N) is 1. The van der Waals surface area contributed by atoms with E-state index in [0.29, 0.717) is 5.56 Å². The molecule has 2 aromatic rings. The molecule has 0 aliphatic rings. The number of benzene rings is 2. The Balaban J connectivity index is 2.01. The van der Waals surface area contributed by atoms with Crippen LogP contribution in [0.5, 0.6) is 5.75 Å². The van der Waals surface area contributed by atoms with Gasteiger partial charge in [0.25, 0.3) is 0 Å². The van der Waals surface area contributed by atoms with Crippen molar-refractivity contribution in [3.63, 3.8) is 0 Å². The molecule has 0 aromatic heterocycles. The SMILES string of the molecule is O=C(NCc1ccc(C(F)(F)F)cc1)N(S)c1cccc(Cl)c1O. The van der Waals surface area contributed by atoms with Gasteiger partial charge in [0.15, 0.2) is 5.75 Å². The van der Waals surface area contributed by atoms with Gasteiger partial charge in [-0.1, -0.05) is 42.6 Å². The molecule has 0 fully saturated rings. The molecule has 4 nitrogen and oxygen atoms in total. The van der Waals surface area contributed by atoms with Crippen LogP contribution in [0.4, 0.5) is 23.7 Å². The highest BCUT2D eigenvalue weighted by Crippen LogP contribution is 2.35. The molecule has 2 aromatic carbocycles. The molecule has 0 atom stereocenters. The normalized spacial score (nSPS) is 11.2. The molecule has 0 spiro atoms. The van der Waals surface area contributed by atoms with E-state index in [9.17, 15) is 23.1 Å². The van der Waals surface area contributed by atoms with Crippen LogP contribution in [-0.2, 0) is 12.7 Å². The highest BCUT2D eigenvalue weighted by molar-refractivity contribution is 7.82. The highest BCUT2D eigenvalue weighted by Gasteiger charge is 2.29. The van der Waals surface area contributed by atoms with Gasteiger partial charge in [-0.25, -0.2) is 9.10 Å². The van der Waals surface area contributed by atoms with Gasteiger partial charge in [0.05, 0.1) is 10.6 Å². The zero-order valence-corrected chi connectivity index (χ0v) is 13.7. The molecule has 2 rings (SSSR count). The minimum Gasteiger partial charge on any atom is -0.504 e. The maximum Gasteiger partial charge on any atom is 0.416 e. The van der Waals surface area contributed by atoms with Crippen LogP contribution in [0.3, 0.4) is 0 Å². The minimum absolute atomic E-state index is 0.00461. The summed E-state index contributed by atoms with van der Waals surface area (Å²) in [7, 11) is 0. The third-order valence-electron chi connectivity index (χ3n) is 3.11. The molecule has 24 heavy (non-hydrogen) atoms. The summed E-state index contributed by atoms with van der Waals surface area (Å²) in [4.78, 5) is 12.0. The van der Waals surface area contributed by atoms with E-state index in [1.165, 1.54) is 30.3 Å². The molecule has 0 heterocycles. The average molecular weight is 377 g/mol. The average Bonchev–Trinajstić information content (AvgIpc) is 2.54. The largest absolute Gasteiger partial charge is 0.504 e. The first-order valence-electron chi connectivity index (χ1n) is 6.60. The van der Waals surface area contributed by atoms with Crippen molar-refractivity contribution in [2.75, 3.05) is 4.31 Å². The Morgan fingerprint density at radius 2 is 1.83 bits per heavy atom. The number of para-hydroxylation sites is 1. The van der Waals surface area contributed by atoms with E-state index in [1.54, 1.807) is 0 Å². The number of rotatable bonds is 3. The Kier molecular flexibility index (Phi) is 5.51. The first-order chi connectivity index (χ1) is 11.2. The lowest BCUT2D eigenvalue weighted by atomic mass is 10.1. The van der Waals surface area contributed by atoms with Crippen molar-refractivity contribution < 1.29 is 23.1 Å². The predicted molar refractivity (Wildman–Crippen MR) is 88.3 cm³/mol. The Morgan fingerprint density at radius 3 is 2.42 bits per heavy atom. The number of carbonyl (C=O) groups excluding carboxylic acids is 1. The second-order valence-corrected chi connectivity index (χ2v) is 5.58. The summed E-state index contributed by atoms with van der Waals surface area (Å²) in [5.74, 6) is -0.307. The van der Waals surface area contributed by atoms with Crippen molar-refractivity contribution in [3.05, 3.63) is 58.6 Å². The monoisotopic (exact) mass is 376 g/mol. The zero-order chi connectivity index (χ0) is 17.9. The van der Waals surface area contributed by atoms with Crippen molar-refractivity contribution >= 4 is 36.1 Å². The van der Waals surface area contributed by atoms with Crippen molar-refractivity contribution in [2.24, 2.45) is 0 Å². The molecule has 0 saturated heterocycles. The molecule has 2 N–H and O–H groups in total. The first kappa shape index (κ1) is 18.3. The molecule has 9 heteroatoms. The number of urea groups is 1. The Labute approximate surface area is 146 Å². The first-order valence-corrected chi connectivity index (χ1v) is 7.38. The number of aromatic hydroxyl groups is 1. The summed E-state index contributed by atoms with van der Waals surface area (Å²) >= 11 is 9.74. The summed E-state index contributed by atoms with van der Waals surface area (Å²) in [5.41, 5.74) is -0.207. The van der Waals surface area contributed by atoms with Gasteiger partial charge in [0.1, 0.15) is 5.69 Å². The number of hydrogen-bond donors (Lipinski definition) is 3. The van der Waals surface area contributed by atoms with Crippen LogP contribution in [0.2, 0.25) is 5.02 Å². The number of alkyl halides is 3. The lowest BCUT2D eigenvalue weighted by Gasteiger charge is -2.18. The number of carbonyl (C=O) groups is 1. The molecule has 0 saturated carbocycles. The third kappa shape index (κ3) is 4.27. The quantitative estimate of drug-likeness (QED) is 0.684. The summed E-state index contributed by atoms with van der Waals surface area (Å²) in [6.45, 7) is -0.00461. The van der Waals surface area contributed by atoms with E-state index >= 15 is 0 Å². The maximum atomic E-state index is 12.5. The van der Waals surface area contributed by atoms with Gasteiger partial charge in [-0.3, -0.25) is 0 Å². The summed E-state index contributed by atoms with van der Waals surface area (Å²) < 4.78 is 38.3. The fraction of sp³-hybridized carbons (Fsp3) is 0.133. The molecule has 0 aliphatic carbocycles. The van der Waals surface area contributed by atoms with Crippen LogP contribution in [0.15, 0.2) is 42.5 Å². The van der Waals surface area contributed by atoms with E-state index in [0.717, 1.165) is 16.4 Å². The lowest BCUT2D eigenvalue weighted by Crippen LogP contribution is -2.33. The van der Waals surface area contributed by atoms with E-state index in [4.69, 9.17) is 11.6 Å². The van der Waals surface area contributed by atoms with Crippen molar-refractivity contribution in [1.29, 1.82) is 0 Å². The van der Waals surface area contributed by atoms with Crippen molar-refractivity contribution in [3.8, 4) is 5.75 Å². The fourth-order valence-corrected chi connectivity index (χ4v) is 2.25. The second kappa shape index (κ2) is 7.23. The maximum absolute atomic E-state index is 12.5. The van der Waals surface area contributed by atoms with Crippen LogP contribution in [-0.4, -0.2) is 11.1 Å². The fourth-order valence-electron chi connectivity index (χ4n) is 1.85. The Morgan fingerprint density at radius 1 is 1.21 bits per heavy atom. The third-order valence-corrected chi connectivity index (χ3v) is 3.81. The molecular weight excluding hydrogens is 365 g/mol. The van der Waals surface area contributed by atoms with Gasteiger partial charge in [-0.15, -0.1) is 0 Å². The van der Waals surface area contributed by atoms with Gasteiger partial charge in [0.2, 0.25) is 0 Å². The summed E-state index contributed by atoms with van der Waals surface area (Å²) in [6, 6.07) is 8.14. The molecule has 0 unspecified atom stereocenters. The summed E-state index contributed by atoms with van der Waals surface area (Å²) in [5, 5.41) is 12.3. The van der Waals surface area contributed by atoms with Crippen LogP contribution >= 0.6 is 24.4 Å². The van der Waals surface area contributed by atoms with Crippen LogP contribution in [0, 0.1) is 0 Å².